The van der Waals surface area contributed by atoms with E-state index in [2.05, 4.69) is 5.32 Å². The number of aliphatic hydroxyl groups excluding tert-OH is 1. The van der Waals surface area contributed by atoms with Crippen molar-refractivity contribution in [2.24, 2.45) is 5.92 Å². The molecule has 1 fully saturated rings. The molecule has 20 heavy (non-hydrogen) atoms. The Kier molecular flexibility index (Phi) is 5.41. The molecule has 1 saturated carbocycles. The van der Waals surface area contributed by atoms with Crippen LogP contribution >= 0.6 is 0 Å². The summed E-state index contributed by atoms with van der Waals surface area (Å²) in [6.45, 7) is 1.17. The van der Waals surface area contributed by atoms with Gasteiger partial charge in [0.05, 0.1) is 6.10 Å². The molecule has 2 amide bonds. The summed E-state index contributed by atoms with van der Waals surface area (Å²) in [4.78, 5) is 13.7. The highest BCUT2D eigenvalue weighted by molar-refractivity contribution is 5.73. The van der Waals surface area contributed by atoms with Gasteiger partial charge in [-0.1, -0.05) is 43.2 Å². The summed E-state index contributed by atoms with van der Waals surface area (Å²) >= 11 is 0. The SMILES string of the molecule is CN(CC1CCCCC1O)C(=O)NCc1ccccc1. The van der Waals surface area contributed by atoms with E-state index < -0.39 is 0 Å². The van der Waals surface area contributed by atoms with Crippen molar-refractivity contribution in [3.8, 4) is 0 Å². The maximum Gasteiger partial charge on any atom is 0.317 e. The van der Waals surface area contributed by atoms with Crippen LogP contribution in [0.2, 0.25) is 0 Å². The Hall–Kier alpha value is -1.55. The number of hydrogen-bond donors (Lipinski definition) is 2. The monoisotopic (exact) mass is 276 g/mol. The molecule has 110 valence electrons. The highest BCUT2D eigenvalue weighted by atomic mass is 16.3. The average Bonchev–Trinajstić information content (AvgIpc) is 2.48. The normalized spacial score (nSPS) is 22.3. The number of carbonyl (C=O) groups is 1. The van der Waals surface area contributed by atoms with Crippen LogP contribution < -0.4 is 5.32 Å². The molecule has 2 unspecified atom stereocenters. The molecule has 1 aromatic rings. The van der Waals surface area contributed by atoms with Gasteiger partial charge in [0.1, 0.15) is 0 Å². The van der Waals surface area contributed by atoms with Crippen LogP contribution in [0, 0.1) is 5.92 Å². The topological polar surface area (TPSA) is 52.6 Å². The molecule has 2 rings (SSSR count). The minimum Gasteiger partial charge on any atom is -0.393 e. The average molecular weight is 276 g/mol. The van der Waals surface area contributed by atoms with Gasteiger partial charge in [0, 0.05) is 26.1 Å². The van der Waals surface area contributed by atoms with Crippen LogP contribution in [-0.4, -0.2) is 35.7 Å². The fourth-order valence-electron chi connectivity index (χ4n) is 2.74. The van der Waals surface area contributed by atoms with E-state index >= 15 is 0 Å². The van der Waals surface area contributed by atoms with Crippen LogP contribution in [0.5, 0.6) is 0 Å². The molecule has 0 saturated heterocycles. The summed E-state index contributed by atoms with van der Waals surface area (Å²) in [5.41, 5.74) is 1.09. The second kappa shape index (κ2) is 7.29. The van der Waals surface area contributed by atoms with Gasteiger partial charge in [-0.2, -0.15) is 0 Å². The fraction of sp³-hybridized carbons (Fsp3) is 0.562. The second-order valence-corrected chi connectivity index (χ2v) is 5.64. The summed E-state index contributed by atoms with van der Waals surface area (Å²) < 4.78 is 0. The Balaban J connectivity index is 1.77. The van der Waals surface area contributed by atoms with Crippen LogP contribution in [-0.2, 0) is 6.54 Å². The minimum absolute atomic E-state index is 0.0772. The van der Waals surface area contributed by atoms with Gasteiger partial charge >= 0.3 is 6.03 Å². The summed E-state index contributed by atoms with van der Waals surface area (Å²) in [6, 6.07) is 9.79. The molecule has 1 aliphatic rings. The number of hydrogen-bond acceptors (Lipinski definition) is 2. The first-order valence-electron chi connectivity index (χ1n) is 7.38. The van der Waals surface area contributed by atoms with Crippen LogP contribution in [0.15, 0.2) is 30.3 Å². The molecule has 0 radical (unpaired) electrons. The lowest BCUT2D eigenvalue weighted by molar-refractivity contribution is 0.0565. The molecule has 0 aliphatic heterocycles. The number of urea groups is 1. The first-order valence-corrected chi connectivity index (χ1v) is 7.38. The van der Waals surface area contributed by atoms with Gasteiger partial charge in [-0.25, -0.2) is 4.79 Å². The lowest BCUT2D eigenvalue weighted by atomic mass is 9.86. The number of carbonyl (C=O) groups excluding carboxylic acids is 1. The molecule has 1 aromatic carbocycles. The Morgan fingerprint density at radius 2 is 2.00 bits per heavy atom. The summed E-state index contributed by atoms with van der Waals surface area (Å²) in [5.74, 6) is 0.219. The van der Waals surface area contributed by atoms with Gasteiger partial charge in [0.25, 0.3) is 0 Å². The van der Waals surface area contributed by atoms with Crippen LogP contribution in [0.1, 0.15) is 31.2 Å². The highest BCUT2D eigenvalue weighted by Crippen LogP contribution is 2.24. The standard InChI is InChI=1S/C16H24N2O2/c1-18(12-14-9-5-6-10-15(14)19)16(20)17-11-13-7-3-2-4-8-13/h2-4,7-8,14-15,19H,5-6,9-12H2,1H3,(H,17,20). The molecule has 0 bridgehead atoms. The Morgan fingerprint density at radius 1 is 1.30 bits per heavy atom. The number of benzene rings is 1. The van der Waals surface area contributed by atoms with Crippen molar-refractivity contribution in [2.45, 2.75) is 38.3 Å². The Bertz CT molecular complexity index is 422. The quantitative estimate of drug-likeness (QED) is 0.887. The van der Waals surface area contributed by atoms with E-state index in [0.29, 0.717) is 13.1 Å². The third kappa shape index (κ3) is 4.23. The molecule has 2 atom stereocenters. The van der Waals surface area contributed by atoms with Gasteiger partial charge in [0.15, 0.2) is 0 Å². The van der Waals surface area contributed by atoms with Crippen LogP contribution in [0.25, 0.3) is 0 Å². The molecule has 4 heteroatoms. The Morgan fingerprint density at radius 3 is 2.70 bits per heavy atom. The van der Waals surface area contributed by atoms with E-state index in [1.54, 1.807) is 11.9 Å². The smallest absolute Gasteiger partial charge is 0.317 e. The molecule has 4 nitrogen and oxygen atoms in total. The zero-order valence-corrected chi connectivity index (χ0v) is 12.1. The third-order valence-corrected chi connectivity index (χ3v) is 4.01. The van der Waals surface area contributed by atoms with Crippen molar-refractivity contribution >= 4 is 6.03 Å². The summed E-state index contributed by atoms with van der Waals surface area (Å²) in [7, 11) is 1.79. The van der Waals surface area contributed by atoms with E-state index in [4.69, 9.17) is 0 Å². The van der Waals surface area contributed by atoms with E-state index in [1.165, 1.54) is 0 Å². The van der Waals surface area contributed by atoms with Crippen molar-refractivity contribution in [1.82, 2.24) is 10.2 Å². The maximum absolute atomic E-state index is 12.0. The first-order chi connectivity index (χ1) is 9.66. The van der Waals surface area contributed by atoms with E-state index in [-0.39, 0.29) is 18.1 Å². The minimum atomic E-state index is -0.256. The maximum atomic E-state index is 12.0. The zero-order valence-electron chi connectivity index (χ0n) is 12.1. The fourth-order valence-corrected chi connectivity index (χ4v) is 2.74. The largest absolute Gasteiger partial charge is 0.393 e. The number of nitrogens with one attached hydrogen (secondary N) is 1. The van der Waals surface area contributed by atoms with Gasteiger partial charge < -0.3 is 15.3 Å². The summed E-state index contributed by atoms with van der Waals surface area (Å²) in [5, 5.41) is 12.9. The first kappa shape index (κ1) is 14.9. The van der Waals surface area contributed by atoms with Gasteiger partial charge in [-0.3, -0.25) is 0 Å². The van der Waals surface area contributed by atoms with Gasteiger partial charge in [-0.15, -0.1) is 0 Å². The van der Waals surface area contributed by atoms with E-state index in [0.717, 1.165) is 31.2 Å². The zero-order chi connectivity index (χ0) is 14.4. The van der Waals surface area contributed by atoms with Gasteiger partial charge in [0.2, 0.25) is 0 Å². The van der Waals surface area contributed by atoms with Crippen molar-refractivity contribution in [3.05, 3.63) is 35.9 Å². The van der Waals surface area contributed by atoms with Crippen molar-refractivity contribution in [2.75, 3.05) is 13.6 Å². The summed E-state index contributed by atoms with van der Waals surface area (Å²) in [6.07, 6.45) is 3.87. The molecule has 0 spiro atoms. The van der Waals surface area contributed by atoms with Crippen molar-refractivity contribution in [1.29, 1.82) is 0 Å². The van der Waals surface area contributed by atoms with E-state index in [1.807, 2.05) is 30.3 Å². The van der Waals surface area contributed by atoms with Crippen LogP contribution in [0.4, 0.5) is 4.79 Å². The molecule has 1 aliphatic carbocycles. The molecular weight excluding hydrogens is 252 g/mol. The number of rotatable bonds is 4. The molecule has 2 N–H and O–H groups in total. The highest BCUT2D eigenvalue weighted by Gasteiger charge is 2.25. The number of nitrogens with zero attached hydrogens (tertiary/aromatic N) is 1. The number of aliphatic hydroxyl groups is 1. The lowest BCUT2D eigenvalue weighted by Crippen LogP contribution is -2.42. The van der Waals surface area contributed by atoms with Gasteiger partial charge in [-0.05, 0) is 18.4 Å². The lowest BCUT2D eigenvalue weighted by Gasteiger charge is -2.31. The Labute approximate surface area is 120 Å². The predicted molar refractivity (Wildman–Crippen MR) is 79.3 cm³/mol. The molecular formula is C16H24N2O2. The number of amides is 2. The van der Waals surface area contributed by atoms with E-state index in [9.17, 15) is 9.90 Å². The molecule has 0 aromatic heterocycles. The second-order valence-electron chi connectivity index (χ2n) is 5.64. The molecule has 0 heterocycles. The predicted octanol–water partition coefficient (Wildman–Crippen LogP) is 2.38. The van der Waals surface area contributed by atoms with Crippen LogP contribution in [0.3, 0.4) is 0 Å². The third-order valence-electron chi connectivity index (χ3n) is 4.01. The van der Waals surface area contributed by atoms with Crippen molar-refractivity contribution in [3.63, 3.8) is 0 Å². The van der Waals surface area contributed by atoms with Crippen molar-refractivity contribution < 1.29 is 9.90 Å².